The summed E-state index contributed by atoms with van der Waals surface area (Å²) >= 11 is 1.70. The third-order valence-corrected chi connectivity index (χ3v) is 3.42. The fourth-order valence-electron chi connectivity index (χ4n) is 1.26. The fraction of sp³-hybridized carbons (Fsp3) is 0.455. The maximum absolute atomic E-state index is 5.25. The van der Waals surface area contributed by atoms with Crippen molar-refractivity contribution in [3.63, 3.8) is 0 Å². The molecule has 5 heteroatoms. The van der Waals surface area contributed by atoms with E-state index in [0.29, 0.717) is 5.89 Å². The van der Waals surface area contributed by atoms with Crippen molar-refractivity contribution < 1.29 is 4.52 Å². The van der Waals surface area contributed by atoms with Crippen LogP contribution in [0, 0.1) is 0 Å². The van der Waals surface area contributed by atoms with E-state index in [9.17, 15) is 0 Å². The van der Waals surface area contributed by atoms with Crippen LogP contribution in [-0.4, -0.2) is 17.2 Å². The zero-order chi connectivity index (χ0) is 11.6. The molecule has 0 atom stereocenters. The van der Waals surface area contributed by atoms with Crippen LogP contribution in [0.5, 0.6) is 0 Å². The van der Waals surface area contributed by atoms with E-state index in [0.717, 1.165) is 12.2 Å². The summed E-state index contributed by atoms with van der Waals surface area (Å²) in [5.74, 6) is 1.36. The Bertz CT molecular complexity index is 448. The van der Waals surface area contributed by atoms with Crippen molar-refractivity contribution in [2.75, 3.05) is 7.05 Å². The smallest absolute Gasteiger partial charge is 0.246 e. The van der Waals surface area contributed by atoms with E-state index >= 15 is 0 Å². The van der Waals surface area contributed by atoms with Crippen molar-refractivity contribution in [3.8, 4) is 0 Å². The predicted molar refractivity (Wildman–Crippen MR) is 63.5 cm³/mol. The van der Waals surface area contributed by atoms with Crippen LogP contribution >= 0.6 is 11.3 Å². The SMILES string of the molecule is CNC(C)(C)c1nc(Cc2cccs2)no1. The van der Waals surface area contributed by atoms with Gasteiger partial charge in [0.1, 0.15) is 0 Å². The largest absolute Gasteiger partial charge is 0.337 e. The second-order valence-electron chi connectivity index (χ2n) is 4.15. The lowest BCUT2D eigenvalue weighted by atomic mass is 10.1. The highest BCUT2D eigenvalue weighted by Crippen LogP contribution is 2.19. The maximum Gasteiger partial charge on any atom is 0.246 e. The molecule has 0 fully saturated rings. The van der Waals surface area contributed by atoms with Gasteiger partial charge in [0.25, 0.3) is 0 Å². The van der Waals surface area contributed by atoms with Gasteiger partial charge in [-0.05, 0) is 32.3 Å². The summed E-state index contributed by atoms with van der Waals surface area (Å²) in [6.45, 7) is 4.02. The summed E-state index contributed by atoms with van der Waals surface area (Å²) in [4.78, 5) is 5.64. The summed E-state index contributed by atoms with van der Waals surface area (Å²) in [7, 11) is 1.88. The van der Waals surface area contributed by atoms with Crippen LogP contribution in [-0.2, 0) is 12.0 Å². The Kier molecular flexibility index (Phi) is 3.07. The van der Waals surface area contributed by atoms with Crippen molar-refractivity contribution in [3.05, 3.63) is 34.1 Å². The van der Waals surface area contributed by atoms with Gasteiger partial charge in [-0.25, -0.2) is 0 Å². The lowest BCUT2D eigenvalue weighted by Gasteiger charge is -2.17. The molecule has 0 aliphatic rings. The fourth-order valence-corrected chi connectivity index (χ4v) is 1.96. The third kappa shape index (κ3) is 2.31. The molecule has 86 valence electrons. The molecular formula is C11H15N3OS. The maximum atomic E-state index is 5.25. The Labute approximate surface area is 98.7 Å². The Morgan fingerprint density at radius 3 is 2.94 bits per heavy atom. The van der Waals surface area contributed by atoms with E-state index in [1.54, 1.807) is 11.3 Å². The highest BCUT2D eigenvalue weighted by atomic mass is 32.1. The molecule has 0 aromatic carbocycles. The molecule has 1 N–H and O–H groups in total. The van der Waals surface area contributed by atoms with Gasteiger partial charge < -0.3 is 9.84 Å². The highest BCUT2D eigenvalue weighted by Gasteiger charge is 2.25. The molecular weight excluding hydrogens is 222 g/mol. The van der Waals surface area contributed by atoms with Crippen LogP contribution in [0.2, 0.25) is 0 Å². The first-order valence-corrected chi connectivity index (χ1v) is 6.04. The van der Waals surface area contributed by atoms with Crippen LogP contribution in [0.4, 0.5) is 0 Å². The molecule has 4 nitrogen and oxygen atoms in total. The van der Waals surface area contributed by atoms with Crippen LogP contribution in [0.1, 0.15) is 30.4 Å². The number of nitrogens with one attached hydrogen (secondary N) is 1. The van der Waals surface area contributed by atoms with Gasteiger partial charge in [0.15, 0.2) is 5.82 Å². The molecule has 2 aromatic heterocycles. The summed E-state index contributed by atoms with van der Waals surface area (Å²) in [5.41, 5.74) is -0.277. The Hall–Kier alpha value is -1.20. The van der Waals surface area contributed by atoms with Crippen LogP contribution < -0.4 is 5.32 Å². The molecule has 2 heterocycles. The average Bonchev–Trinajstić information content (AvgIpc) is 2.89. The standard InChI is InChI=1S/C11H15N3OS/c1-11(2,12-3)10-13-9(14-15-10)7-8-5-4-6-16-8/h4-6,12H,7H2,1-3H3. The zero-order valence-electron chi connectivity index (χ0n) is 9.65. The lowest BCUT2D eigenvalue weighted by Crippen LogP contribution is -2.33. The summed E-state index contributed by atoms with van der Waals surface area (Å²) in [5, 5.41) is 9.17. The van der Waals surface area contributed by atoms with Crippen LogP contribution in [0.3, 0.4) is 0 Å². The molecule has 0 unspecified atom stereocenters. The molecule has 16 heavy (non-hydrogen) atoms. The van der Waals surface area contributed by atoms with Crippen molar-refractivity contribution in [1.29, 1.82) is 0 Å². The van der Waals surface area contributed by atoms with Crippen molar-refractivity contribution in [2.45, 2.75) is 25.8 Å². The predicted octanol–water partition coefficient (Wildman–Crippen LogP) is 2.18. The topological polar surface area (TPSA) is 51.0 Å². The second-order valence-corrected chi connectivity index (χ2v) is 5.18. The first kappa shape index (κ1) is 11.3. The lowest BCUT2D eigenvalue weighted by molar-refractivity contribution is 0.279. The van der Waals surface area contributed by atoms with Crippen molar-refractivity contribution >= 4 is 11.3 Å². The number of aromatic nitrogens is 2. The summed E-state index contributed by atoms with van der Waals surface area (Å²) in [6, 6.07) is 4.10. The number of nitrogens with zero attached hydrogens (tertiary/aromatic N) is 2. The summed E-state index contributed by atoms with van der Waals surface area (Å²) < 4.78 is 5.25. The first-order chi connectivity index (χ1) is 7.62. The van der Waals surface area contributed by atoms with E-state index in [1.165, 1.54) is 4.88 Å². The van der Waals surface area contributed by atoms with Gasteiger partial charge in [-0.15, -0.1) is 11.3 Å². The number of thiophene rings is 1. The van der Waals surface area contributed by atoms with Crippen LogP contribution in [0.15, 0.2) is 22.0 Å². The minimum atomic E-state index is -0.277. The molecule has 0 radical (unpaired) electrons. The second kappa shape index (κ2) is 4.35. The molecule has 0 spiro atoms. The molecule has 0 bridgehead atoms. The minimum Gasteiger partial charge on any atom is -0.337 e. The van der Waals surface area contributed by atoms with Gasteiger partial charge >= 0.3 is 0 Å². The van der Waals surface area contributed by atoms with Gasteiger partial charge in [-0.3, -0.25) is 0 Å². The molecule has 0 amide bonds. The quantitative estimate of drug-likeness (QED) is 0.885. The van der Waals surface area contributed by atoms with Gasteiger partial charge in [0, 0.05) is 11.3 Å². The third-order valence-electron chi connectivity index (χ3n) is 2.54. The van der Waals surface area contributed by atoms with Crippen LogP contribution in [0.25, 0.3) is 0 Å². The van der Waals surface area contributed by atoms with E-state index in [1.807, 2.05) is 32.3 Å². The van der Waals surface area contributed by atoms with E-state index < -0.39 is 0 Å². The molecule has 2 aromatic rings. The van der Waals surface area contributed by atoms with Crippen molar-refractivity contribution in [1.82, 2.24) is 15.5 Å². The van der Waals surface area contributed by atoms with E-state index in [-0.39, 0.29) is 5.54 Å². The monoisotopic (exact) mass is 237 g/mol. The number of hydrogen-bond acceptors (Lipinski definition) is 5. The Morgan fingerprint density at radius 1 is 1.50 bits per heavy atom. The highest BCUT2D eigenvalue weighted by molar-refractivity contribution is 7.09. The molecule has 0 saturated heterocycles. The summed E-state index contributed by atoms with van der Waals surface area (Å²) in [6.07, 6.45) is 0.737. The molecule has 0 aliphatic carbocycles. The average molecular weight is 237 g/mol. The number of rotatable bonds is 4. The molecule has 0 saturated carbocycles. The normalized spacial score (nSPS) is 11.9. The molecule has 0 aliphatic heterocycles. The Balaban J connectivity index is 2.14. The van der Waals surface area contributed by atoms with Gasteiger partial charge in [0.2, 0.25) is 5.89 Å². The van der Waals surface area contributed by atoms with E-state index in [4.69, 9.17) is 4.52 Å². The van der Waals surface area contributed by atoms with E-state index in [2.05, 4.69) is 21.5 Å². The zero-order valence-corrected chi connectivity index (χ0v) is 10.5. The minimum absolute atomic E-state index is 0.277. The van der Waals surface area contributed by atoms with Gasteiger partial charge in [0.05, 0.1) is 5.54 Å². The number of hydrogen-bond donors (Lipinski definition) is 1. The first-order valence-electron chi connectivity index (χ1n) is 5.16. The van der Waals surface area contributed by atoms with Crippen molar-refractivity contribution in [2.24, 2.45) is 0 Å². The molecule has 2 rings (SSSR count). The van der Waals surface area contributed by atoms with Gasteiger partial charge in [-0.1, -0.05) is 11.2 Å². The van der Waals surface area contributed by atoms with Gasteiger partial charge in [-0.2, -0.15) is 4.98 Å². The Morgan fingerprint density at radius 2 is 2.31 bits per heavy atom.